The summed E-state index contributed by atoms with van der Waals surface area (Å²) in [4.78, 5) is 27.8. The van der Waals surface area contributed by atoms with Gasteiger partial charge in [-0.1, -0.05) is 12.1 Å². The van der Waals surface area contributed by atoms with E-state index in [1.807, 2.05) is 0 Å². The number of halogens is 3. The number of aromatic nitrogens is 1. The minimum Gasteiger partial charge on any atom is -0.369 e. The van der Waals surface area contributed by atoms with Gasteiger partial charge in [0.2, 0.25) is 5.91 Å². The number of aromatic amines is 1. The van der Waals surface area contributed by atoms with Gasteiger partial charge in [0.1, 0.15) is 0 Å². The third-order valence-corrected chi connectivity index (χ3v) is 4.21. The summed E-state index contributed by atoms with van der Waals surface area (Å²) in [6.07, 6.45) is -2.93. The highest BCUT2D eigenvalue weighted by Gasteiger charge is 2.52. The summed E-state index contributed by atoms with van der Waals surface area (Å²) in [5.41, 5.74) is 5.91. The molecule has 1 saturated heterocycles. The largest absolute Gasteiger partial charge is 0.394 e. The SMILES string of the molecule is NC(=O)[C@@H]1CN(C(=O)c2cccc3cc[nH]c23)C[C@H]1C(F)(F)F. The normalized spacial score (nSPS) is 21.8. The molecule has 23 heavy (non-hydrogen) atoms. The lowest BCUT2D eigenvalue weighted by molar-refractivity contribution is -0.182. The van der Waals surface area contributed by atoms with Crippen LogP contribution in [0.15, 0.2) is 30.5 Å². The molecule has 2 heterocycles. The van der Waals surface area contributed by atoms with Crippen molar-refractivity contribution in [1.82, 2.24) is 9.88 Å². The molecule has 2 amide bonds. The minimum absolute atomic E-state index is 0.276. The number of carbonyl (C=O) groups excluding carboxylic acids is 2. The number of fused-ring (bicyclic) bond motifs is 1. The Morgan fingerprint density at radius 1 is 1.22 bits per heavy atom. The highest BCUT2D eigenvalue weighted by atomic mass is 19.4. The van der Waals surface area contributed by atoms with Crippen LogP contribution in [0.2, 0.25) is 0 Å². The van der Waals surface area contributed by atoms with Crippen molar-refractivity contribution >= 4 is 22.7 Å². The van der Waals surface area contributed by atoms with Crippen LogP contribution in [0.1, 0.15) is 10.4 Å². The maximum absolute atomic E-state index is 13.1. The predicted octanol–water partition coefficient (Wildman–Crippen LogP) is 1.90. The molecular weight excluding hydrogens is 311 g/mol. The van der Waals surface area contributed by atoms with Crippen LogP contribution in [-0.4, -0.2) is 41.0 Å². The van der Waals surface area contributed by atoms with E-state index >= 15 is 0 Å². The van der Waals surface area contributed by atoms with E-state index in [2.05, 4.69) is 4.98 Å². The van der Waals surface area contributed by atoms with Gasteiger partial charge in [0.25, 0.3) is 5.91 Å². The van der Waals surface area contributed by atoms with Gasteiger partial charge in [-0.25, -0.2) is 0 Å². The number of alkyl halides is 3. The molecular formula is C15H14F3N3O2. The molecule has 1 aromatic heterocycles. The van der Waals surface area contributed by atoms with Gasteiger partial charge in [-0.15, -0.1) is 0 Å². The molecule has 0 unspecified atom stereocenters. The van der Waals surface area contributed by atoms with Crippen molar-refractivity contribution in [3.8, 4) is 0 Å². The lowest BCUT2D eigenvalue weighted by Crippen LogP contribution is -2.37. The van der Waals surface area contributed by atoms with E-state index in [1.165, 1.54) is 0 Å². The van der Waals surface area contributed by atoms with Crippen LogP contribution in [0.25, 0.3) is 10.9 Å². The smallest absolute Gasteiger partial charge is 0.369 e. The van der Waals surface area contributed by atoms with E-state index in [4.69, 9.17) is 5.73 Å². The molecule has 3 N–H and O–H groups in total. The summed E-state index contributed by atoms with van der Waals surface area (Å²) in [7, 11) is 0. The average molecular weight is 325 g/mol. The standard InChI is InChI=1S/C15H14F3N3O2/c16-15(17,18)11-7-21(6-10(11)13(19)22)14(23)9-3-1-2-8-4-5-20-12(8)9/h1-5,10-11,20H,6-7H2,(H2,19,22)/t10-,11-/m1/s1. The number of benzene rings is 1. The number of rotatable bonds is 2. The minimum atomic E-state index is -4.58. The Kier molecular flexibility index (Phi) is 3.54. The van der Waals surface area contributed by atoms with E-state index in [-0.39, 0.29) is 12.1 Å². The summed E-state index contributed by atoms with van der Waals surface area (Å²) < 4.78 is 39.2. The lowest BCUT2D eigenvalue weighted by atomic mass is 9.95. The van der Waals surface area contributed by atoms with Crippen LogP contribution < -0.4 is 5.73 Å². The van der Waals surface area contributed by atoms with Crippen molar-refractivity contribution in [2.75, 3.05) is 13.1 Å². The monoisotopic (exact) mass is 325 g/mol. The fourth-order valence-corrected chi connectivity index (χ4v) is 3.02. The van der Waals surface area contributed by atoms with Crippen LogP contribution in [-0.2, 0) is 4.79 Å². The number of likely N-dealkylation sites (tertiary alicyclic amines) is 1. The molecule has 1 aromatic carbocycles. The molecule has 0 spiro atoms. The quantitative estimate of drug-likeness (QED) is 0.884. The van der Waals surface area contributed by atoms with Gasteiger partial charge in [0.15, 0.2) is 0 Å². The Morgan fingerprint density at radius 2 is 1.96 bits per heavy atom. The maximum atomic E-state index is 13.1. The van der Waals surface area contributed by atoms with Crippen molar-refractivity contribution in [2.24, 2.45) is 17.6 Å². The Hall–Kier alpha value is -2.51. The molecule has 1 fully saturated rings. The molecule has 0 aliphatic carbocycles. The topological polar surface area (TPSA) is 79.2 Å². The Balaban J connectivity index is 1.92. The highest BCUT2D eigenvalue weighted by molar-refractivity contribution is 6.06. The third kappa shape index (κ3) is 2.64. The second kappa shape index (κ2) is 5.29. The van der Waals surface area contributed by atoms with E-state index < -0.39 is 36.4 Å². The third-order valence-electron chi connectivity index (χ3n) is 4.21. The number of H-pyrrole nitrogens is 1. The second-order valence-electron chi connectivity index (χ2n) is 5.61. The van der Waals surface area contributed by atoms with E-state index in [0.717, 1.165) is 10.3 Å². The zero-order chi connectivity index (χ0) is 16.8. The van der Waals surface area contributed by atoms with Gasteiger partial charge in [-0.2, -0.15) is 13.2 Å². The molecule has 122 valence electrons. The van der Waals surface area contributed by atoms with Gasteiger partial charge in [-0.05, 0) is 12.1 Å². The number of nitrogens with two attached hydrogens (primary N) is 1. The number of hydrogen-bond donors (Lipinski definition) is 2. The first-order valence-corrected chi connectivity index (χ1v) is 7.00. The van der Waals surface area contributed by atoms with Gasteiger partial charge in [-0.3, -0.25) is 9.59 Å². The molecule has 3 rings (SSSR count). The van der Waals surface area contributed by atoms with Crippen molar-refractivity contribution in [1.29, 1.82) is 0 Å². The first-order chi connectivity index (χ1) is 10.8. The van der Waals surface area contributed by atoms with Gasteiger partial charge in [0.05, 0.1) is 22.9 Å². The molecule has 8 heteroatoms. The van der Waals surface area contributed by atoms with Crippen LogP contribution in [0, 0.1) is 11.8 Å². The molecule has 0 radical (unpaired) electrons. The molecule has 5 nitrogen and oxygen atoms in total. The number of para-hydroxylation sites is 1. The van der Waals surface area contributed by atoms with Gasteiger partial charge in [0, 0.05) is 24.7 Å². The predicted molar refractivity (Wildman–Crippen MR) is 76.4 cm³/mol. The number of carbonyl (C=O) groups is 2. The maximum Gasteiger partial charge on any atom is 0.394 e. The van der Waals surface area contributed by atoms with E-state index in [9.17, 15) is 22.8 Å². The second-order valence-corrected chi connectivity index (χ2v) is 5.61. The van der Waals surface area contributed by atoms with Crippen LogP contribution >= 0.6 is 0 Å². The van der Waals surface area contributed by atoms with E-state index in [1.54, 1.807) is 30.5 Å². The van der Waals surface area contributed by atoms with Crippen LogP contribution in [0.3, 0.4) is 0 Å². The first-order valence-electron chi connectivity index (χ1n) is 7.00. The van der Waals surface area contributed by atoms with Crippen LogP contribution in [0.5, 0.6) is 0 Å². The zero-order valence-corrected chi connectivity index (χ0v) is 11.9. The fraction of sp³-hybridized carbons (Fsp3) is 0.333. The van der Waals surface area contributed by atoms with Crippen molar-refractivity contribution in [3.63, 3.8) is 0 Å². The lowest BCUT2D eigenvalue weighted by Gasteiger charge is -2.18. The average Bonchev–Trinajstić information content (AvgIpc) is 3.12. The van der Waals surface area contributed by atoms with Crippen molar-refractivity contribution in [2.45, 2.75) is 6.18 Å². The Labute approximate surface area is 129 Å². The summed E-state index contributed by atoms with van der Waals surface area (Å²) in [6, 6.07) is 6.76. The van der Waals surface area contributed by atoms with E-state index in [0.29, 0.717) is 5.52 Å². The first kappa shape index (κ1) is 15.4. The van der Waals surface area contributed by atoms with Crippen molar-refractivity contribution in [3.05, 3.63) is 36.0 Å². The number of hydrogen-bond acceptors (Lipinski definition) is 2. The number of amides is 2. The van der Waals surface area contributed by atoms with Gasteiger partial charge < -0.3 is 15.6 Å². The Bertz CT molecular complexity index is 769. The molecule has 0 bridgehead atoms. The van der Waals surface area contributed by atoms with Crippen molar-refractivity contribution < 1.29 is 22.8 Å². The van der Waals surface area contributed by atoms with Crippen LogP contribution in [0.4, 0.5) is 13.2 Å². The molecule has 1 aliphatic rings. The molecule has 0 saturated carbocycles. The highest BCUT2D eigenvalue weighted by Crippen LogP contribution is 2.38. The molecule has 2 aromatic rings. The summed E-state index contributed by atoms with van der Waals surface area (Å²) in [5.74, 6) is -4.93. The number of nitrogens with one attached hydrogen (secondary N) is 1. The number of nitrogens with zero attached hydrogens (tertiary/aromatic N) is 1. The number of primary amides is 1. The zero-order valence-electron chi connectivity index (χ0n) is 11.9. The Morgan fingerprint density at radius 3 is 2.57 bits per heavy atom. The summed E-state index contributed by atoms with van der Waals surface area (Å²) >= 11 is 0. The summed E-state index contributed by atoms with van der Waals surface area (Å²) in [5, 5.41) is 0.786. The molecule has 1 aliphatic heterocycles. The fourth-order valence-electron chi connectivity index (χ4n) is 3.02. The summed E-state index contributed by atoms with van der Waals surface area (Å²) in [6.45, 7) is -0.886. The molecule has 2 atom stereocenters. The van der Waals surface area contributed by atoms with Gasteiger partial charge >= 0.3 is 6.18 Å².